The van der Waals surface area contributed by atoms with E-state index in [1.165, 1.54) is 5.56 Å². The van der Waals surface area contributed by atoms with Gasteiger partial charge in [-0.3, -0.25) is 0 Å². The lowest BCUT2D eigenvalue weighted by Gasteiger charge is -2.23. The maximum atomic E-state index is 5.74. The first-order valence-electron chi connectivity index (χ1n) is 7.85. The predicted molar refractivity (Wildman–Crippen MR) is 92.4 cm³/mol. The van der Waals surface area contributed by atoms with Gasteiger partial charge in [-0.15, -0.1) is 0 Å². The van der Waals surface area contributed by atoms with Crippen LogP contribution in [0.2, 0.25) is 0 Å². The molecule has 0 aliphatic heterocycles. The number of nitrogens with one attached hydrogen (secondary N) is 1. The monoisotopic (exact) mass is 357 g/mol. The second-order valence-corrected chi connectivity index (χ2v) is 6.28. The Labute approximate surface area is 137 Å². The van der Waals surface area contributed by atoms with Crippen molar-refractivity contribution in [3.63, 3.8) is 0 Å². The molecule has 1 atom stereocenters. The van der Waals surface area contributed by atoms with Gasteiger partial charge in [0.2, 0.25) is 0 Å². The quantitative estimate of drug-likeness (QED) is 0.678. The molecule has 1 unspecified atom stereocenters. The van der Waals surface area contributed by atoms with Crippen LogP contribution in [0.25, 0.3) is 0 Å². The van der Waals surface area contributed by atoms with E-state index in [4.69, 9.17) is 9.47 Å². The van der Waals surface area contributed by atoms with Gasteiger partial charge >= 0.3 is 0 Å². The zero-order valence-electron chi connectivity index (χ0n) is 13.8. The van der Waals surface area contributed by atoms with E-state index in [0.717, 1.165) is 28.9 Å². The molecule has 3 nitrogen and oxygen atoms in total. The molecule has 1 N–H and O–H groups in total. The van der Waals surface area contributed by atoms with Gasteiger partial charge in [0.05, 0.1) is 13.2 Å². The molecule has 0 saturated heterocycles. The Kier molecular flexibility index (Phi) is 8.12. The highest BCUT2D eigenvalue weighted by Crippen LogP contribution is 2.38. The summed E-state index contributed by atoms with van der Waals surface area (Å²) in [7, 11) is 0. The summed E-state index contributed by atoms with van der Waals surface area (Å²) in [6, 6.07) is 4.45. The summed E-state index contributed by atoms with van der Waals surface area (Å²) >= 11 is 3.69. The first kappa shape index (κ1) is 18.3. The predicted octanol–water partition coefficient (Wildman–Crippen LogP) is 4.94. The van der Waals surface area contributed by atoms with Crippen LogP contribution in [-0.4, -0.2) is 19.8 Å². The lowest BCUT2D eigenvalue weighted by Crippen LogP contribution is -2.23. The second kappa shape index (κ2) is 9.31. The molecular weight excluding hydrogens is 330 g/mol. The molecule has 0 heterocycles. The molecule has 0 aliphatic carbocycles. The largest absolute Gasteiger partial charge is 0.490 e. The highest BCUT2D eigenvalue weighted by molar-refractivity contribution is 9.10. The van der Waals surface area contributed by atoms with Gasteiger partial charge in [0.25, 0.3) is 0 Å². The summed E-state index contributed by atoms with van der Waals surface area (Å²) in [5.41, 5.74) is 1.23. The molecule has 21 heavy (non-hydrogen) atoms. The standard InChI is InChI=1S/C17H28BrNO2/c1-6-19-15(9-12(4)5)13-10-16(20-7-2)17(21-8-3)11-14(13)18/h10-12,15,19H,6-9H2,1-5H3. The van der Waals surface area contributed by atoms with Crippen LogP contribution in [0.3, 0.4) is 0 Å². The van der Waals surface area contributed by atoms with E-state index in [9.17, 15) is 0 Å². The van der Waals surface area contributed by atoms with Crippen LogP contribution in [0.4, 0.5) is 0 Å². The maximum absolute atomic E-state index is 5.74. The number of hydrogen-bond donors (Lipinski definition) is 1. The third kappa shape index (κ3) is 5.51. The molecule has 1 aromatic carbocycles. The van der Waals surface area contributed by atoms with Gasteiger partial charge < -0.3 is 14.8 Å². The number of rotatable bonds is 9. The molecular formula is C17H28BrNO2. The number of ether oxygens (including phenoxy) is 2. The molecule has 0 fully saturated rings. The van der Waals surface area contributed by atoms with Gasteiger partial charge in [-0.2, -0.15) is 0 Å². The Morgan fingerprint density at radius 2 is 1.62 bits per heavy atom. The molecule has 0 spiro atoms. The molecule has 120 valence electrons. The van der Waals surface area contributed by atoms with Gasteiger partial charge in [0, 0.05) is 10.5 Å². The van der Waals surface area contributed by atoms with Crippen molar-refractivity contribution in [1.29, 1.82) is 0 Å². The van der Waals surface area contributed by atoms with Crippen LogP contribution in [0.5, 0.6) is 11.5 Å². The average molecular weight is 358 g/mol. The minimum Gasteiger partial charge on any atom is -0.490 e. The Morgan fingerprint density at radius 1 is 1.05 bits per heavy atom. The van der Waals surface area contributed by atoms with Crippen molar-refractivity contribution in [3.8, 4) is 11.5 Å². The SMILES string of the molecule is CCNC(CC(C)C)c1cc(OCC)c(OCC)cc1Br. The van der Waals surface area contributed by atoms with E-state index in [1.807, 2.05) is 19.9 Å². The third-order valence-corrected chi connectivity index (χ3v) is 3.88. The zero-order valence-corrected chi connectivity index (χ0v) is 15.4. The zero-order chi connectivity index (χ0) is 15.8. The first-order valence-corrected chi connectivity index (χ1v) is 8.65. The Bertz CT molecular complexity index is 435. The number of benzene rings is 1. The minimum atomic E-state index is 0.319. The van der Waals surface area contributed by atoms with Crippen LogP contribution in [-0.2, 0) is 0 Å². The van der Waals surface area contributed by atoms with Gasteiger partial charge in [-0.05, 0) is 50.4 Å². The van der Waals surface area contributed by atoms with Crippen LogP contribution in [0, 0.1) is 5.92 Å². The summed E-state index contributed by atoms with van der Waals surface area (Å²) in [4.78, 5) is 0. The van der Waals surface area contributed by atoms with Crippen molar-refractivity contribution in [1.82, 2.24) is 5.32 Å². The van der Waals surface area contributed by atoms with Gasteiger partial charge in [-0.25, -0.2) is 0 Å². The van der Waals surface area contributed by atoms with Crippen LogP contribution in [0.1, 0.15) is 52.6 Å². The van der Waals surface area contributed by atoms with E-state index in [2.05, 4.69) is 48.1 Å². The number of hydrogen-bond acceptors (Lipinski definition) is 3. The Balaban J connectivity index is 3.16. The average Bonchev–Trinajstić information content (AvgIpc) is 2.41. The van der Waals surface area contributed by atoms with Crippen molar-refractivity contribution in [2.24, 2.45) is 5.92 Å². The highest BCUT2D eigenvalue weighted by atomic mass is 79.9. The van der Waals surface area contributed by atoms with E-state index >= 15 is 0 Å². The van der Waals surface area contributed by atoms with Gasteiger partial charge in [-0.1, -0.05) is 36.7 Å². The molecule has 4 heteroatoms. The van der Waals surface area contributed by atoms with Crippen molar-refractivity contribution in [3.05, 3.63) is 22.2 Å². The highest BCUT2D eigenvalue weighted by Gasteiger charge is 2.19. The van der Waals surface area contributed by atoms with Crippen LogP contribution < -0.4 is 14.8 Å². The van der Waals surface area contributed by atoms with E-state index in [1.54, 1.807) is 0 Å². The summed E-state index contributed by atoms with van der Waals surface area (Å²) in [6.07, 6.45) is 1.09. The van der Waals surface area contributed by atoms with Gasteiger partial charge in [0.1, 0.15) is 0 Å². The molecule has 0 aromatic heterocycles. The van der Waals surface area contributed by atoms with Gasteiger partial charge in [0.15, 0.2) is 11.5 Å². The number of halogens is 1. The molecule has 1 aromatic rings. The fraction of sp³-hybridized carbons (Fsp3) is 0.647. The molecule has 0 bridgehead atoms. The summed E-state index contributed by atoms with van der Waals surface area (Å²) in [6.45, 7) is 12.8. The summed E-state index contributed by atoms with van der Waals surface area (Å²) < 4.78 is 12.5. The summed E-state index contributed by atoms with van der Waals surface area (Å²) in [5.74, 6) is 2.25. The van der Waals surface area contributed by atoms with E-state index < -0.39 is 0 Å². The molecule has 0 radical (unpaired) electrons. The lowest BCUT2D eigenvalue weighted by molar-refractivity contribution is 0.286. The van der Waals surface area contributed by atoms with Crippen molar-refractivity contribution < 1.29 is 9.47 Å². The lowest BCUT2D eigenvalue weighted by atomic mass is 9.96. The van der Waals surface area contributed by atoms with Crippen molar-refractivity contribution in [2.45, 2.75) is 47.1 Å². The Hall–Kier alpha value is -0.740. The molecule has 0 saturated carbocycles. The van der Waals surface area contributed by atoms with Crippen LogP contribution in [0.15, 0.2) is 16.6 Å². The van der Waals surface area contributed by atoms with Crippen LogP contribution >= 0.6 is 15.9 Å². The molecule has 0 amide bonds. The normalized spacial score (nSPS) is 12.5. The van der Waals surface area contributed by atoms with E-state index in [-0.39, 0.29) is 0 Å². The maximum Gasteiger partial charge on any atom is 0.162 e. The third-order valence-electron chi connectivity index (χ3n) is 3.20. The first-order chi connectivity index (χ1) is 10.0. The fourth-order valence-corrected chi connectivity index (χ4v) is 2.99. The van der Waals surface area contributed by atoms with Crippen molar-refractivity contribution >= 4 is 15.9 Å². The molecule has 0 aliphatic rings. The molecule has 1 rings (SSSR count). The topological polar surface area (TPSA) is 30.5 Å². The minimum absolute atomic E-state index is 0.319. The summed E-state index contributed by atoms with van der Waals surface area (Å²) in [5, 5.41) is 3.57. The van der Waals surface area contributed by atoms with Crippen molar-refractivity contribution in [2.75, 3.05) is 19.8 Å². The Morgan fingerprint density at radius 3 is 2.10 bits per heavy atom. The smallest absolute Gasteiger partial charge is 0.162 e. The van der Waals surface area contributed by atoms with E-state index in [0.29, 0.717) is 25.2 Å². The second-order valence-electron chi connectivity index (χ2n) is 5.43. The fourth-order valence-electron chi connectivity index (χ4n) is 2.39.